The minimum atomic E-state index is -0.701. The molecule has 0 saturated heterocycles. The Morgan fingerprint density at radius 1 is 1.04 bits per heavy atom. The van der Waals surface area contributed by atoms with E-state index in [2.05, 4.69) is 50.2 Å². The van der Waals surface area contributed by atoms with Gasteiger partial charge in [0.25, 0.3) is 0 Å². The summed E-state index contributed by atoms with van der Waals surface area (Å²) in [6.07, 6.45) is 2.43. The number of hydrogen-bond acceptors (Lipinski definition) is 3. The molecule has 0 bridgehead atoms. The maximum absolute atomic E-state index is 12.8. The van der Waals surface area contributed by atoms with E-state index >= 15 is 0 Å². The maximum Gasteiger partial charge on any atom is 0.318 e. The highest BCUT2D eigenvalue weighted by atomic mass is 16.5. The molecule has 1 aliphatic carbocycles. The molecule has 1 fully saturated rings. The Morgan fingerprint density at radius 2 is 1.64 bits per heavy atom. The van der Waals surface area contributed by atoms with E-state index in [9.17, 15) is 4.79 Å². The predicted molar refractivity (Wildman–Crippen MR) is 98.5 cm³/mol. The molecule has 0 heterocycles. The molecule has 2 aromatic carbocycles. The molecule has 25 heavy (non-hydrogen) atoms. The summed E-state index contributed by atoms with van der Waals surface area (Å²) in [6.45, 7) is 4.63. The van der Waals surface area contributed by atoms with Crippen molar-refractivity contribution in [2.45, 2.75) is 51.2 Å². The van der Waals surface area contributed by atoms with Gasteiger partial charge in [0.1, 0.15) is 5.41 Å². The molecule has 0 spiro atoms. The van der Waals surface area contributed by atoms with Gasteiger partial charge in [-0.1, -0.05) is 59.7 Å². The largest absolute Gasteiger partial charge is 0.468 e. The SMILES string of the molecule is COC(=O)C1(c2ccc(C)cc2)CCCC1OCc1ccc(C)cc1. The number of aryl methyl sites for hydroxylation is 2. The summed E-state index contributed by atoms with van der Waals surface area (Å²) in [7, 11) is 1.47. The van der Waals surface area contributed by atoms with Gasteiger partial charge >= 0.3 is 5.97 Å². The van der Waals surface area contributed by atoms with Crippen LogP contribution in [-0.2, 0) is 26.3 Å². The summed E-state index contributed by atoms with van der Waals surface area (Å²) in [5.74, 6) is -0.192. The summed E-state index contributed by atoms with van der Waals surface area (Å²) in [5, 5.41) is 0. The van der Waals surface area contributed by atoms with Gasteiger partial charge in [0, 0.05) is 0 Å². The van der Waals surface area contributed by atoms with Crippen LogP contribution < -0.4 is 0 Å². The van der Waals surface area contributed by atoms with Crippen LogP contribution in [0.5, 0.6) is 0 Å². The van der Waals surface area contributed by atoms with E-state index in [4.69, 9.17) is 9.47 Å². The fourth-order valence-electron chi connectivity index (χ4n) is 3.80. The zero-order valence-corrected chi connectivity index (χ0v) is 15.2. The van der Waals surface area contributed by atoms with E-state index in [1.54, 1.807) is 0 Å². The Kier molecular flexibility index (Phi) is 5.24. The summed E-state index contributed by atoms with van der Waals surface area (Å²) >= 11 is 0. The standard InChI is InChI=1S/C22H26O3/c1-16-6-10-18(11-7-16)15-25-20-5-4-14-22(20,21(23)24-3)19-12-8-17(2)9-13-19/h6-13,20H,4-5,14-15H2,1-3H3. The molecule has 0 N–H and O–H groups in total. The molecule has 132 valence electrons. The van der Waals surface area contributed by atoms with E-state index in [0.29, 0.717) is 6.61 Å². The van der Waals surface area contributed by atoms with Gasteiger partial charge in [-0.3, -0.25) is 4.79 Å². The fourth-order valence-corrected chi connectivity index (χ4v) is 3.80. The molecular formula is C22H26O3. The number of carbonyl (C=O) groups is 1. The first-order chi connectivity index (χ1) is 12.1. The van der Waals surface area contributed by atoms with Crippen molar-refractivity contribution in [3.05, 3.63) is 70.8 Å². The van der Waals surface area contributed by atoms with E-state index in [1.165, 1.54) is 18.2 Å². The van der Waals surface area contributed by atoms with Crippen molar-refractivity contribution in [3.8, 4) is 0 Å². The van der Waals surface area contributed by atoms with Gasteiger partial charge in [-0.15, -0.1) is 0 Å². The third-order valence-corrected chi connectivity index (χ3v) is 5.28. The molecule has 0 aromatic heterocycles. The Bertz CT molecular complexity index is 718. The van der Waals surface area contributed by atoms with E-state index in [0.717, 1.165) is 30.4 Å². The molecule has 0 amide bonds. The topological polar surface area (TPSA) is 35.5 Å². The van der Waals surface area contributed by atoms with Gasteiger partial charge in [-0.25, -0.2) is 0 Å². The molecule has 2 atom stereocenters. The van der Waals surface area contributed by atoms with Crippen LogP contribution in [0.2, 0.25) is 0 Å². The molecule has 3 nitrogen and oxygen atoms in total. The highest BCUT2D eigenvalue weighted by Gasteiger charge is 2.52. The number of rotatable bonds is 5. The summed E-state index contributed by atoms with van der Waals surface area (Å²) in [5.41, 5.74) is 3.83. The lowest BCUT2D eigenvalue weighted by Gasteiger charge is -2.33. The number of carbonyl (C=O) groups excluding carboxylic acids is 1. The number of ether oxygens (including phenoxy) is 2. The van der Waals surface area contributed by atoms with Crippen molar-refractivity contribution >= 4 is 5.97 Å². The zero-order valence-electron chi connectivity index (χ0n) is 15.2. The number of methoxy groups -OCH3 is 1. The van der Waals surface area contributed by atoms with Crippen molar-refractivity contribution in [2.24, 2.45) is 0 Å². The van der Waals surface area contributed by atoms with Crippen LogP contribution in [0.25, 0.3) is 0 Å². The number of benzene rings is 2. The lowest BCUT2D eigenvalue weighted by atomic mass is 9.76. The second-order valence-corrected chi connectivity index (χ2v) is 7.01. The van der Waals surface area contributed by atoms with Gasteiger partial charge in [-0.2, -0.15) is 0 Å². The summed E-state index contributed by atoms with van der Waals surface area (Å²) < 4.78 is 11.5. The lowest BCUT2D eigenvalue weighted by molar-refractivity contribution is -0.153. The first-order valence-electron chi connectivity index (χ1n) is 8.89. The van der Waals surface area contributed by atoms with Crippen molar-refractivity contribution in [3.63, 3.8) is 0 Å². The van der Waals surface area contributed by atoms with Gasteiger partial charge in [0.15, 0.2) is 0 Å². The first kappa shape index (κ1) is 17.7. The quantitative estimate of drug-likeness (QED) is 0.754. The zero-order chi connectivity index (χ0) is 17.9. The predicted octanol–water partition coefficient (Wildman–Crippen LogP) is 4.48. The maximum atomic E-state index is 12.8. The van der Waals surface area contributed by atoms with Crippen LogP contribution in [0.15, 0.2) is 48.5 Å². The lowest BCUT2D eigenvalue weighted by Crippen LogP contribution is -2.45. The van der Waals surface area contributed by atoms with Crippen molar-refractivity contribution in [1.29, 1.82) is 0 Å². The molecule has 0 radical (unpaired) electrons. The van der Waals surface area contributed by atoms with Crippen molar-refractivity contribution in [1.82, 2.24) is 0 Å². The van der Waals surface area contributed by atoms with Gasteiger partial charge in [0.05, 0.1) is 19.8 Å². The third-order valence-electron chi connectivity index (χ3n) is 5.28. The Labute approximate surface area is 150 Å². The molecule has 3 rings (SSSR count). The molecule has 1 aliphatic rings. The second-order valence-electron chi connectivity index (χ2n) is 7.01. The normalized spacial score (nSPS) is 22.8. The van der Waals surface area contributed by atoms with E-state index < -0.39 is 5.41 Å². The van der Waals surface area contributed by atoms with Crippen LogP contribution >= 0.6 is 0 Å². The average Bonchev–Trinajstić information content (AvgIpc) is 3.06. The number of esters is 1. The average molecular weight is 338 g/mol. The minimum absolute atomic E-state index is 0.163. The molecule has 3 heteroatoms. The Morgan fingerprint density at radius 3 is 2.24 bits per heavy atom. The third kappa shape index (κ3) is 3.47. The van der Waals surface area contributed by atoms with Gasteiger partial charge in [-0.05, 0) is 44.2 Å². The van der Waals surface area contributed by atoms with Gasteiger partial charge in [0.2, 0.25) is 0 Å². The highest BCUT2D eigenvalue weighted by Crippen LogP contribution is 2.44. The highest BCUT2D eigenvalue weighted by molar-refractivity contribution is 5.84. The smallest absolute Gasteiger partial charge is 0.318 e. The Balaban J connectivity index is 1.86. The summed E-state index contributed by atoms with van der Waals surface area (Å²) in [6, 6.07) is 16.5. The molecule has 1 saturated carbocycles. The minimum Gasteiger partial charge on any atom is -0.468 e. The van der Waals surface area contributed by atoms with E-state index in [1.807, 2.05) is 12.1 Å². The first-order valence-corrected chi connectivity index (χ1v) is 8.89. The second kappa shape index (κ2) is 7.40. The van der Waals surface area contributed by atoms with Gasteiger partial charge < -0.3 is 9.47 Å². The molecule has 0 aliphatic heterocycles. The van der Waals surface area contributed by atoms with Crippen LogP contribution in [-0.4, -0.2) is 19.2 Å². The molecule has 2 aromatic rings. The molecule has 2 unspecified atom stereocenters. The Hall–Kier alpha value is -2.13. The fraction of sp³-hybridized carbons (Fsp3) is 0.409. The number of hydrogen-bond donors (Lipinski definition) is 0. The monoisotopic (exact) mass is 338 g/mol. The van der Waals surface area contributed by atoms with Crippen LogP contribution in [0.4, 0.5) is 0 Å². The van der Waals surface area contributed by atoms with Crippen molar-refractivity contribution in [2.75, 3.05) is 7.11 Å². The molecular weight excluding hydrogens is 312 g/mol. The van der Waals surface area contributed by atoms with Crippen LogP contribution in [0.1, 0.15) is 41.5 Å². The van der Waals surface area contributed by atoms with Crippen LogP contribution in [0, 0.1) is 13.8 Å². The van der Waals surface area contributed by atoms with E-state index in [-0.39, 0.29) is 12.1 Å². The summed E-state index contributed by atoms with van der Waals surface area (Å²) in [4.78, 5) is 12.8. The van der Waals surface area contributed by atoms with Crippen molar-refractivity contribution < 1.29 is 14.3 Å². The van der Waals surface area contributed by atoms with Crippen LogP contribution in [0.3, 0.4) is 0 Å².